The number of nitrogens with one attached hydrogen (secondary N) is 1. The van der Waals surface area contributed by atoms with Crippen LogP contribution >= 0.6 is 11.3 Å². The molecule has 0 aliphatic rings. The lowest BCUT2D eigenvalue weighted by Crippen LogP contribution is -2.29. The summed E-state index contributed by atoms with van der Waals surface area (Å²) in [7, 11) is 0. The van der Waals surface area contributed by atoms with E-state index in [-0.39, 0.29) is 17.2 Å². The van der Waals surface area contributed by atoms with Gasteiger partial charge in [-0.2, -0.15) is 5.26 Å². The first-order chi connectivity index (χ1) is 15.3. The lowest BCUT2D eigenvalue weighted by atomic mass is 10.2. The summed E-state index contributed by atoms with van der Waals surface area (Å²) in [6.07, 6.45) is 0.887. The molecule has 0 bridgehead atoms. The van der Waals surface area contributed by atoms with E-state index in [1.54, 1.807) is 19.1 Å². The second-order valence-electron chi connectivity index (χ2n) is 6.40. The molecule has 0 aliphatic heterocycles. The largest absolute Gasteiger partial charge is 0.462 e. The van der Waals surface area contributed by atoms with Crippen molar-refractivity contribution in [1.82, 2.24) is 4.57 Å². The molecule has 0 radical (unpaired) electrons. The number of rotatable bonds is 7. The first-order valence-electron chi connectivity index (χ1n) is 9.29. The normalized spacial score (nSPS) is 10.2. The van der Waals surface area contributed by atoms with Crippen LogP contribution in [0.4, 0.5) is 11.4 Å². The molecule has 3 rings (SSSR count). The van der Waals surface area contributed by atoms with E-state index in [1.807, 2.05) is 30.3 Å². The molecule has 2 aromatic heterocycles. The van der Waals surface area contributed by atoms with Gasteiger partial charge in [0.15, 0.2) is 0 Å². The topological polar surface area (TPSA) is 144 Å². The van der Waals surface area contributed by atoms with Crippen LogP contribution in [-0.2, 0) is 16.1 Å². The van der Waals surface area contributed by atoms with Crippen LogP contribution in [-0.4, -0.2) is 28.0 Å². The van der Waals surface area contributed by atoms with E-state index in [0.29, 0.717) is 4.88 Å². The van der Waals surface area contributed by atoms with Crippen LogP contribution in [0.1, 0.15) is 22.2 Å². The molecule has 32 heavy (non-hydrogen) atoms. The van der Waals surface area contributed by atoms with E-state index in [1.165, 1.54) is 0 Å². The lowest BCUT2D eigenvalue weighted by Gasteiger charge is -2.08. The van der Waals surface area contributed by atoms with Gasteiger partial charge in [0, 0.05) is 10.9 Å². The maximum Gasteiger partial charge on any atom is 0.350 e. The summed E-state index contributed by atoms with van der Waals surface area (Å²) in [5.74, 6) is -1.33. The molecule has 10 nitrogen and oxygen atoms in total. The standard InChI is InChI=1S/C21H16N4O6S/c1-2-31-21(28)19-16(9-17(32-19)13-6-4-3-5-7-13)23-18(26)12-24-11-15(25(29)30)8-14(10-22)20(24)27/h3-9,11H,2,12H2,1H3,(H,23,26). The van der Waals surface area contributed by atoms with Crippen molar-refractivity contribution in [2.75, 3.05) is 11.9 Å². The number of benzene rings is 1. The molecule has 0 spiro atoms. The molecule has 0 saturated heterocycles. The Labute approximate surface area is 185 Å². The molecule has 3 aromatic rings. The van der Waals surface area contributed by atoms with Gasteiger partial charge in [0.25, 0.3) is 11.2 Å². The molecule has 2 heterocycles. The molecule has 0 aliphatic carbocycles. The number of carbonyl (C=O) groups excluding carboxylic acids is 2. The van der Waals surface area contributed by atoms with Crippen LogP contribution in [0.15, 0.2) is 53.5 Å². The van der Waals surface area contributed by atoms with Gasteiger partial charge in [0.05, 0.1) is 23.4 Å². The third-order valence-electron chi connectivity index (χ3n) is 4.24. The lowest BCUT2D eigenvalue weighted by molar-refractivity contribution is -0.385. The average molecular weight is 452 g/mol. The van der Waals surface area contributed by atoms with Gasteiger partial charge in [-0.1, -0.05) is 30.3 Å². The second kappa shape index (κ2) is 9.67. The predicted molar refractivity (Wildman–Crippen MR) is 116 cm³/mol. The third-order valence-corrected chi connectivity index (χ3v) is 5.41. The molecular weight excluding hydrogens is 436 g/mol. The van der Waals surface area contributed by atoms with Crippen molar-refractivity contribution in [1.29, 1.82) is 5.26 Å². The Morgan fingerprint density at radius 1 is 1.28 bits per heavy atom. The summed E-state index contributed by atoms with van der Waals surface area (Å²) in [6, 6.07) is 13.2. The monoisotopic (exact) mass is 452 g/mol. The highest BCUT2D eigenvalue weighted by molar-refractivity contribution is 7.18. The van der Waals surface area contributed by atoms with E-state index in [4.69, 9.17) is 10.00 Å². The number of ether oxygens (including phenoxy) is 1. The highest BCUT2D eigenvalue weighted by Crippen LogP contribution is 2.35. The van der Waals surface area contributed by atoms with E-state index in [0.717, 1.165) is 33.7 Å². The minimum atomic E-state index is -0.839. The molecule has 162 valence electrons. The highest BCUT2D eigenvalue weighted by atomic mass is 32.1. The Bertz CT molecular complexity index is 1290. The minimum Gasteiger partial charge on any atom is -0.462 e. The zero-order valence-electron chi connectivity index (χ0n) is 16.7. The first kappa shape index (κ1) is 22.4. The Hall–Kier alpha value is -4.30. The zero-order chi connectivity index (χ0) is 23.3. The number of thiophene rings is 1. The van der Waals surface area contributed by atoms with Crippen molar-refractivity contribution >= 4 is 34.6 Å². The van der Waals surface area contributed by atoms with E-state index >= 15 is 0 Å². The number of anilines is 1. The molecule has 1 amide bonds. The van der Waals surface area contributed by atoms with E-state index in [9.17, 15) is 24.5 Å². The molecular formula is C21H16N4O6S. The number of esters is 1. The van der Waals surface area contributed by atoms with Gasteiger partial charge in [0.2, 0.25) is 5.91 Å². The maximum atomic E-state index is 12.6. The third kappa shape index (κ3) is 4.88. The smallest absolute Gasteiger partial charge is 0.350 e. The number of carbonyl (C=O) groups is 2. The van der Waals surface area contributed by atoms with Gasteiger partial charge < -0.3 is 10.1 Å². The van der Waals surface area contributed by atoms with Gasteiger partial charge in [-0.25, -0.2) is 4.79 Å². The zero-order valence-corrected chi connectivity index (χ0v) is 17.5. The van der Waals surface area contributed by atoms with E-state index in [2.05, 4.69) is 5.32 Å². The van der Waals surface area contributed by atoms with Crippen LogP contribution in [0, 0.1) is 21.4 Å². The number of hydrogen-bond donors (Lipinski definition) is 1. The second-order valence-corrected chi connectivity index (χ2v) is 7.45. The molecule has 0 saturated carbocycles. The molecule has 1 aromatic carbocycles. The number of amides is 1. The molecule has 11 heteroatoms. The van der Waals surface area contributed by atoms with Crippen molar-refractivity contribution in [2.45, 2.75) is 13.5 Å². The number of nitriles is 1. The van der Waals surface area contributed by atoms with Crippen LogP contribution < -0.4 is 10.9 Å². The summed E-state index contributed by atoms with van der Waals surface area (Å²) in [6.45, 7) is 1.21. The predicted octanol–water partition coefficient (Wildman–Crippen LogP) is 3.17. The minimum absolute atomic E-state index is 0.144. The average Bonchev–Trinajstić information content (AvgIpc) is 3.19. The molecule has 1 N–H and O–H groups in total. The SMILES string of the molecule is CCOC(=O)c1sc(-c2ccccc2)cc1NC(=O)Cn1cc([N+](=O)[O-])cc(C#N)c1=O. The fourth-order valence-electron chi connectivity index (χ4n) is 2.84. The Balaban J connectivity index is 1.92. The number of aromatic nitrogens is 1. The summed E-state index contributed by atoms with van der Waals surface area (Å²) in [5.41, 5.74) is -0.772. The van der Waals surface area contributed by atoms with Crippen molar-refractivity contribution in [2.24, 2.45) is 0 Å². The summed E-state index contributed by atoms with van der Waals surface area (Å²) in [4.78, 5) is 48.5. The van der Waals surface area contributed by atoms with E-state index < -0.39 is 40.2 Å². The Kier molecular flexibility index (Phi) is 6.77. The van der Waals surface area contributed by atoms with Gasteiger partial charge in [0.1, 0.15) is 23.1 Å². The Morgan fingerprint density at radius 3 is 2.62 bits per heavy atom. The number of nitro groups is 1. The quantitative estimate of drug-likeness (QED) is 0.329. The number of hydrogen-bond acceptors (Lipinski definition) is 8. The van der Waals surface area contributed by atoms with Gasteiger partial charge >= 0.3 is 5.97 Å². The fraction of sp³-hybridized carbons (Fsp3) is 0.143. The van der Waals surface area contributed by atoms with Crippen molar-refractivity contribution in [3.63, 3.8) is 0 Å². The molecule has 0 atom stereocenters. The van der Waals surface area contributed by atoms with Crippen LogP contribution in [0.2, 0.25) is 0 Å². The number of nitrogens with zero attached hydrogens (tertiary/aromatic N) is 3. The van der Waals surface area contributed by atoms with Gasteiger partial charge in [-0.05, 0) is 18.6 Å². The maximum absolute atomic E-state index is 12.6. The summed E-state index contributed by atoms with van der Waals surface area (Å²) < 4.78 is 5.84. The van der Waals surface area contributed by atoms with Crippen molar-refractivity contribution in [3.05, 3.63) is 79.6 Å². The highest BCUT2D eigenvalue weighted by Gasteiger charge is 2.21. The van der Waals surface area contributed by atoms with Crippen LogP contribution in [0.25, 0.3) is 10.4 Å². The first-order valence-corrected chi connectivity index (χ1v) is 10.1. The van der Waals surface area contributed by atoms with Gasteiger partial charge in [-0.15, -0.1) is 11.3 Å². The summed E-state index contributed by atoms with van der Waals surface area (Å²) in [5, 5.41) is 22.7. The van der Waals surface area contributed by atoms with Crippen LogP contribution in [0.3, 0.4) is 0 Å². The van der Waals surface area contributed by atoms with Crippen LogP contribution in [0.5, 0.6) is 0 Å². The fourth-order valence-corrected chi connectivity index (χ4v) is 3.85. The Morgan fingerprint density at radius 2 is 2.00 bits per heavy atom. The molecule has 0 unspecified atom stereocenters. The molecule has 0 fully saturated rings. The number of pyridine rings is 1. The van der Waals surface area contributed by atoms with Crippen molar-refractivity contribution < 1.29 is 19.2 Å². The summed E-state index contributed by atoms with van der Waals surface area (Å²) >= 11 is 1.13. The van der Waals surface area contributed by atoms with Crippen molar-refractivity contribution in [3.8, 4) is 16.5 Å². The van der Waals surface area contributed by atoms with Gasteiger partial charge in [-0.3, -0.25) is 24.3 Å².